The molecule has 0 saturated carbocycles. The van der Waals surface area contributed by atoms with Crippen LogP contribution in [-0.4, -0.2) is 30.5 Å². The van der Waals surface area contributed by atoms with Crippen LogP contribution in [0.5, 0.6) is 0 Å². The Balaban J connectivity index is 1.32. The van der Waals surface area contributed by atoms with Crippen LogP contribution in [0.4, 0.5) is 30.2 Å². The van der Waals surface area contributed by atoms with Crippen LogP contribution in [0.3, 0.4) is 0 Å². The van der Waals surface area contributed by atoms with Crippen molar-refractivity contribution < 1.29 is 13.2 Å². The Kier molecular flexibility index (Phi) is 5.51. The quantitative estimate of drug-likeness (QED) is 0.681. The topological polar surface area (TPSA) is 18.5 Å². The molecule has 1 saturated heterocycles. The van der Waals surface area contributed by atoms with E-state index < -0.39 is 5.92 Å². The van der Waals surface area contributed by atoms with Gasteiger partial charge in [-0.05, 0) is 54.1 Å². The molecule has 0 aliphatic carbocycles. The summed E-state index contributed by atoms with van der Waals surface area (Å²) in [6.45, 7) is 2.07. The van der Waals surface area contributed by atoms with Crippen LogP contribution < -0.4 is 10.2 Å². The zero-order valence-electron chi connectivity index (χ0n) is 16.1. The lowest BCUT2D eigenvalue weighted by molar-refractivity contribution is -0.0220. The van der Waals surface area contributed by atoms with Crippen LogP contribution >= 0.6 is 0 Å². The van der Waals surface area contributed by atoms with Crippen molar-refractivity contribution in [3.8, 4) is 0 Å². The molecule has 2 heterocycles. The third-order valence-corrected chi connectivity index (χ3v) is 5.32. The molecular weight excluding hydrogens is 375 g/mol. The van der Waals surface area contributed by atoms with E-state index in [4.69, 9.17) is 0 Å². The second kappa shape index (κ2) is 8.23. The maximum Gasteiger partial charge on any atom is 0.251 e. The lowest BCUT2D eigenvalue weighted by Crippen LogP contribution is -2.39. The minimum absolute atomic E-state index is 0.0855. The number of piperidine rings is 1. The zero-order chi connectivity index (χ0) is 20.3. The number of anilines is 3. The largest absolute Gasteiger partial charge is 0.371 e. The van der Waals surface area contributed by atoms with Gasteiger partial charge in [0.05, 0.1) is 0 Å². The molecule has 1 N–H and O–H groups in total. The first-order chi connectivity index (χ1) is 14.0. The fraction of sp³-hybridized carbons (Fsp3) is 0.304. The number of nitrogens with one attached hydrogen (secondary N) is 1. The summed E-state index contributed by atoms with van der Waals surface area (Å²) in [5.41, 5.74) is 4.04. The van der Waals surface area contributed by atoms with Crippen molar-refractivity contribution in [1.82, 2.24) is 4.90 Å². The molecule has 152 valence electrons. The number of nitrogens with zero attached hydrogens (tertiary/aromatic N) is 2. The molecule has 0 bridgehead atoms. The fourth-order valence-electron chi connectivity index (χ4n) is 3.57. The first kappa shape index (κ1) is 19.4. The minimum atomic E-state index is -2.53. The number of hydrogen-bond acceptors (Lipinski definition) is 3. The van der Waals surface area contributed by atoms with Crippen molar-refractivity contribution in [2.75, 3.05) is 29.9 Å². The molecule has 2 aliphatic heterocycles. The lowest BCUT2D eigenvalue weighted by Gasteiger charge is -2.33. The molecule has 4 rings (SSSR count). The molecule has 2 aliphatic rings. The van der Waals surface area contributed by atoms with Crippen molar-refractivity contribution >= 4 is 17.1 Å². The van der Waals surface area contributed by atoms with Gasteiger partial charge in [0.15, 0.2) is 0 Å². The predicted molar refractivity (Wildman–Crippen MR) is 111 cm³/mol. The van der Waals surface area contributed by atoms with E-state index in [0.717, 1.165) is 29.2 Å². The summed E-state index contributed by atoms with van der Waals surface area (Å²) in [4.78, 5) is 4.05. The first-order valence-corrected chi connectivity index (χ1v) is 9.84. The Labute approximate surface area is 169 Å². The van der Waals surface area contributed by atoms with Gasteiger partial charge in [0, 0.05) is 62.3 Å². The van der Waals surface area contributed by atoms with Gasteiger partial charge in [-0.3, -0.25) is 0 Å². The van der Waals surface area contributed by atoms with Gasteiger partial charge in [-0.25, -0.2) is 13.2 Å². The summed E-state index contributed by atoms with van der Waals surface area (Å²) in [5, 5.41) is 3.36. The van der Waals surface area contributed by atoms with Crippen molar-refractivity contribution in [2.24, 2.45) is 0 Å². The van der Waals surface area contributed by atoms with Gasteiger partial charge in [0.25, 0.3) is 5.92 Å². The molecule has 2 aromatic carbocycles. The summed E-state index contributed by atoms with van der Waals surface area (Å²) in [6, 6.07) is 16.0. The van der Waals surface area contributed by atoms with Crippen LogP contribution in [0.2, 0.25) is 0 Å². The van der Waals surface area contributed by atoms with E-state index in [2.05, 4.69) is 5.32 Å². The number of hydrogen-bond donors (Lipinski definition) is 1. The highest BCUT2D eigenvalue weighted by molar-refractivity contribution is 5.63. The van der Waals surface area contributed by atoms with Crippen LogP contribution in [-0.2, 0) is 6.54 Å². The van der Waals surface area contributed by atoms with E-state index in [1.54, 1.807) is 12.3 Å². The average Bonchev–Trinajstić information content (AvgIpc) is 2.72. The predicted octanol–water partition coefficient (Wildman–Crippen LogP) is 5.85. The molecule has 3 nitrogen and oxygen atoms in total. The highest BCUT2D eigenvalue weighted by Gasteiger charge is 2.33. The molecule has 2 aromatic rings. The molecule has 0 radical (unpaired) electrons. The van der Waals surface area contributed by atoms with Crippen LogP contribution in [0.15, 0.2) is 72.7 Å². The Bertz CT molecular complexity index is 879. The second-order valence-electron chi connectivity index (χ2n) is 7.55. The second-order valence-corrected chi connectivity index (χ2v) is 7.55. The molecule has 1 fully saturated rings. The first-order valence-electron chi connectivity index (χ1n) is 9.84. The standard InChI is InChI=1S/C23H24F3N3/c24-19-9-13-28(14-10-19)17-18-1-3-20(4-2-18)27-21-5-7-22(8-6-21)29-15-11-23(25,26)12-16-29/h1-10,13,27H,11-12,14-17H2. The molecule has 0 atom stereocenters. The van der Waals surface area contributed by atoms with Gasteiger partial charge in [-0.1, -0.05) is 12.1 Å². The summed E-state index contributed by atoms with van der Waals surface area (Å²) in [6.07, 6.45) is 4.63. The number of allylic oxidation sites excluding steroid dienone is 2. The van der Waals surface area contributed by atoms with Crippen molar-refractivity contribution in [2.45, 2.75) is 25.3 Å². The Morgan fingerprint density at radius 3 is 2.10 bits per heavy atom. The Hall–Kier alpha value is -2.89. The van der Waals surface area contributed by atoms with Crippen molar-refractivity contribution in [3.63, 3.8) is 0 Å². The van der Waals surface area contributed by atoms with Gasteiger partial charge in [0.1, 0.15) is 5.83 Å². The van der Waals surface area contributed by atoms with Crippen LogP contribution in [0, 0.1) is 0 Å². The SMILES string of the molecule is FC1=CCN(Cc2ccc(Nc3ccc(N4CCC(F)(F)CC4)cc3)cc2)C=C1. The van der Waals surface area contributed by atoms with E-state index in [0.29, 0.717) is 19.6 Å². The van der Waals surface area contributed by atoms with E-state index in [-0.39, 0.29) is 18.7 Å². The number of rotatable bonds is 5. The van der Waals surface area contributed by atoms with Gasteiger partial charge < -0.3 is 15.1 Å². The van der Waals surface area contributed by atoms with Gasteiger partial charge in [-0.2, -0.15) is 0 Å². The fourth-order valence-corrected chi connectivity index (χ4v) is 3.57. The normalized spacial score (nSPS) is 18.5. The highest BCUT2D eigenvalue weighted by atomic mass is 19.3. The molecule has 6 heteroatoms. The van der Waals surface area contributed by atoms with Gasteiger partial charge >= 0.3 is 0 Å². The number of alkyl halides is 2. The van der Waals surface area contributed by atoms with Crippen LogP contribution in [0.25, 0.3) is 0 Å². The van der Waals surface area contributed by atoms with Crippen molar-refractivity contribution in [3.05, 3.63) is 78.3 Å². The van der Waals surface area contributed by atoms with E-state index in [1.165, 1.54) is 6.08 Å². The molecule has 0 aromatic heterocycles. The molecule has 0 spiro atoms. The van der Waals surface area contributed by atoms with E-state index in [9.17, 15) is 13.2 Å². The summed E-state index contributed by atoms with van der Waals surface area (Å²) >= 11 is 0. The van der Waals surface area contributed by atoms with Gasteiger partial charge in [0.2, 0.25) is 0 Å². The van der Waals surface area contributed by atoms with Crippen molar-refractivity contribution in [1.29, 1.82) is 0 Å². The van der Waals surface area contributed by atoms with Gasteiger partial charge in [-0.15, -0.1) is 0 Å². The maximum absolute atomic E-state index is 13.3. The van der Waals surface area contributed by atoms with E-state index in [1.807, 2.05) is 58.3 Å². The lowest BCUT2D eigenvalue weighted by atomic mass is 10.1. The maximum atomic E-state index is 13.3. The average molecular weight is 399 g/mol. The summed E-state index contributed by atoms with van der Waals surface area (Å²) in [5.74, 6) is -2.72. The summed E-state index contributed by atoms with van der Waals surface area (Å²) in [7, 11) is 0. The number of halogens is 3. The molecule has 29 heavy (non-hydrogen) atoms. The monoisotopic (exact) mass is 399 g/mol. The number of benzene rings is 2. The smallest absolute Gasteiger partial charge is 0.251 e. The molecular formula is C23H24F3N3. The van der Waals surface area contributed by atoms with Crippen LogP contribution in [0.1, 0.15) is 18.4 Å². The zero-order valence-corrected chi connectivity index (χ0v) is 16.1. The highest BCUT2D eigenvalue weighted by Crippen LogP contribution is 2.31. The third kappa shape index (κ3) is 5.13. The summed E-state index contributed by atoms with van der Waals surface area (Å²) < 4.78 is 39.7. The third-order valence-electron chi connectivity index (χ3n) is 5.32. The minimum Gasteiger partial charge on any atom is -0.371 e. The molecule has 0 unspecified atom stereocenters. The Morgan fingerprint density at radius 1 is 0.897 bits per heavy atom. The molecule has 0 amide bonds. The Morgan fingerprint density at radius 2 is 1.52 bits per heavy atom. The van der Waals surface area contributed by atoms with E-state index >= 15 is 0 Å².